The number of thiophene rings is 1. The van der Waals surface area contributed by atoms with Crippen LogP contribution in [-0.2, 0) is 0 Å². The summed E-state index contributed by atoms with van der Waals surface area (Å²) in [5.74, 6) is 0.705. The zero-order valence-electron chi connectivity index (χ0n) is 22.0. The lowest BCUT2D eigenvalue weighted by atomic mass is 9.97. The van der Waals surface area contributed by atoms with E-state index in [1.54, 1.807) is 11.3 Å². The standard InChI is InChI=1S/C37H23N3S/c1-3-12-24(13-4-1)26-16-11-17-27(22-26)31-23-32(39-36(38-31)25-14-5-2-6-15-25)34-28-18-7-9-20-30(28)40-37-35(34)29-19-8-10-21-33(29)41-37/h1-23H. The number of pyridine rings is 1. The lowest BCUT2D eigenvalue weighted by Crippen LogP contribution is -1.97. The molecule has 0 fully saturated rings. The first kappa shape index (κ1) is 23.7. The largest absolute Gasteiger partial charge is 0.237 e. The van der Waals surface area contributed by atoms with Crippen LogP contribution in [0.1, 0.15) is 0 Å². The summed E-state index contributed by atoms with van der Waals surface area (Å²) in [6.45, 7) is 0. The van der Waals surface area contributed by atoms with E-state index in [1.165, 1.54) is 15.6 Å². The van der Waals surface area contributed by atoms with Crippen LogP contribution in [0.25, 0.3) is 76.2 Å². The maximum atomic E-state index is 5.23. The van der Waals surface area contributed by atoms with Crippen molar-refractivity contribution in [2.45, 2.75) is 0 Å². The molecule has 3 aromatic heterocycles. The van der Waals surface area contributed by atoms with Crippen molar-refractivity contribution in [1.29, 1.82) is 0 Å². The van der Waals surface area contributed by atoms with Crippen LogP contribution in [0.4, 0.5) is 0 Å². The van der Waals surface area contributed by atoms with Gasteiger partial charge in [-0.15, -0.1) is 11.3 Å². The Bertz CT molecular complexity index is 2200. The second-order valence-electron chi connectivity index (χ2n) is 10.1. The molecule has 0 radical (unpaired) electrons. The molecule has 41 heavy (non-hydrogen) atoms. The van der Waals surface area contributed by atoms with Crippen molar-refractivity contribution in [1.82, 2.24) is 15.0 Å². The molecule has 8 rings (SSSR count). The maximum absolute atomic E-state index is 5.23. The number of aromatic nitrogens is 3. The van der Waals surface area contributed by atoms with E-state index >= 15 is 0 Å². The van der Waals surface area contributed by atoms with Crippen LogP contribution in [0.2, 0.25) is 0 Å². The smallest absolute Gasteiger partial charge is 0.160 e. The highest BCUT2D eigenvalue weighted by molar-refractivity contribution is 7.25. The number of benzene rings is 5. The van der Waals surface area contributed by atoms with Crippen LogP contribution >= 0.6 is 11.3 Å². The number of hydrogen-bond acceptors (Lipinski definition) is 4. The lowest BCUT2D eigenvalue weighted by molar-refractivity contribution is 1.19. The summed E-state index contributed by atoms with van der Waals surface area (Å²) < 4.78 is 1.22. The first-order chi connectivity index (χ1) is 20.3. The van der Waals surface area contributed by atoms with Crippen molar-refractivity contribution in [3.63, 3.8) is 0 Å². The van der Waals surface area contributed by atoms with Gasteiger partial charge < -0.3 is 0 Å². The maximum Gasteiger partial charge on any atom is 0.160 e. The molecule has 0 atom stereocenters. The highest BCUT2D eigenvalue weighted by Crippen LogP contribution is 2.43. The summed E-state index contributed by atoms with van der Waals surface area (Å²) in [6, 6.07) is 48.4. The summed E-state index contributed by atoms with van der Waals surface area (Å²) >= 11 is 1.73. The van der Waals surface area contributed by atoms with E-state index in [9.17, 15) is 0 Å². The highest BCUT2D eigenvalue weighted by Gasteiger charge is 2.19. The van der Waals surface area contributed by atoms with Gasteiger partial charge in [-0.05, 0) is 35.4 Å². The normalized spacial score (nSPS) is 11.4. The van der Waals surface area contributed by atoms with Crippen molar-refractivity contribution in [3.8, 4) is 45.0 Å². The number of rotatable bonds is 4. The van der Waals surface area contributed by atoms with E-state index in [0.29, 0.717) is 5.82 Å². The minimum Gasteiger partial charge on any atom is -0.237 e. The van der Waals surface area contributed by atoms with E-state index in [1.807, 2.05) is 30.3 Å². The van der Waals surface area contributed by atoms with Crippen LogP contribution in [0, 0.1) is 0 Å². The Hall–Kier alpha value is -5.19. The quantitative estimate of drug-likeness (QED) is 0.222. The topological polar surface area (TPSA) is 38.7 Å². The molecule has 8 aromatic rings. The van der Waals surface area contributed by atoms with Gasteiger partial charge in [0.25, 0.3) is 0 Å². The molecule has 0 spiro atoms. The molecule has 0 aliphatic rings. The number of para-hydroxylation sites is 1. The molecule has 0 aliphatic heterocycles. The molecule has 0 aliphatic carbocycles. The lowest BCUT2D eigenvalue weighted by Gasteiger charge is -2.13. The van der Waals surface area contributed by atoms with Crippen molar-refractivity contribution < 1.29 is 0 Å². The van der Waals surface area contributed by atoms with Crippen LogP contribution in [0.15, 0.2) is 140 Å². The van der Waals surface area contributed by atoms with Crippen LogP contribution in [0.5, 0.6) is 0 Å². The Labute approximate surface area is 241 Å². The Morgan fingerprint density at radius 1 is 0.439 bits per heavy atom. The Morgan fingerprint density at radius 2 is 1.07 bits per heavy atom. The summed E-state index contributed by atoms with van der Waals surface area (Å²) in [4.78, 5) is 16.5. The van der Waals surface area contributed by atoms with E-state index in [0.717, 1.165) is 54.8 Å². The molecule has 0 bridgehead atoms. The van der Waals surface area contributed by atoms with Crippen LogP contribution < -0.4 is 0 Å². The van der Waals surface area contributed by atoms with Gasteiger partial charge >= 0.3 is 0 Å². The zero-order chi connectivity index (χ0) is 27.2. The fourth-order valence-corrected chi connectivity index (χ4v) is 6.67. The fourth-order valence-electron chi connectivity index (χ4n) is 5.57. The SMILES string of the molecule is c1ccc(-c2cccc(-c3cc(-c4c5ccccc5nc5sc6ccccc6c45)nc(-c4ccccc4)n3)c2)cc1. The monoisotopic (exact) mass is 541 g/mol. The van der Waals surface area contributed by atoms with Crippen molar-refractivity contribution in [2.75, 3.05) is 0 Å². The van der Waals surface area contributed by atoms with Gasteiger partial charge in [-0.1, -0.05) is 115 Å². The van der Waals surface area contributed by atoms with E-state index in [-0.39, 0.29) is 0 Å². The number of hydrogen-bond donors (Lipinski definition) is 0. The molecule has 192 valence electrons. The molecule has 0 N–H and O–H groups in total. The number of nitrogens with zero attached hydrogens (tertiary/aromatic N) is 3. The average molecular weight is 542 g/mol. The van der Waals surface area contributed by atoms with Crippen LogP contribution in [0.3, 0.4) is 0 Å². The third-order valence-corrected chi connectivity index (χ3v) is 8.57. The molecule has 5 aromatic carbocycles. The van der Waals surface area contributed by atoms with Gasteiger partial charge in [0.05, 0.1) is 16.9 Å². The Balaban J connectivity index is 1.44. The number of fused-ring (bicyclic) bond motifs is 4. The van der Waals surface area contributed by atoms with Gasteiger partial charge in [-0.25, -0.2) is 15.0 Å². The predicted molar refractivity (Wildman–Crippen MR) is 172 cm³/mol. The summed E-state index contributed by atoms with van der Waals surface area (Å²) in [5, 5.41) is 3.43. The summed E-state index contributed by atoms with van der Waals surface area (Å²) in [5.41, 5.74) is 8.23. The second-order valence-corrected chi connectivity index (χ2v) is 11.1. The highest BCUT2D eigenvalue weighted by atomic mass is 32.1. The molecule has 3 nitrogen and oxygen atoms in total. The molecule has 0 unspecified atom stereocenters. The van der Waals surface area contributed by atoms with Gasteiger partial charge in [-0.2, -0.15) is 0 Å². The van der Waals surface area contributed by atoms with Gasteiger partial charge in [0.1, 0.15) is 4.83 Å². The first-order valence-electron chi connectivity index (χ1n) is 13.6. The summed E-state index contributed by atoms with van der Waals surface area (Å²) in [7, 11) is 0. The van der Waals surface area contributed by atoms with E-state index in [2.05, 4.69) is 109 Å². The predicted octanol–water partition coefficient (Wildman–Crippen LogP) is 10.1. The Kier molecular flexibility index (Phi) is 5.64. The second kappa shape index (κ2) is 9.77. The van der Waals surface area contributed by atoms with Crippen molar-refractivity contribution in [3.05, 3.63) is 140 Å². The minimum absolute atomic E-state index is 0.705. The van der Waals surface area contributed by atoms with Gasteiger partial charge in [0, 0.05) is 37.5 Å². The molecule has 0 amide bonds. The molecule has 0 saturated carbocycles. The molecular weight excluding hydrogens is 518 g/mol. The first-order valence-corrected chi connectivity index (χ1v) is 14.4. The Morgan fingerprint density at radius 3 is 1.90 bits per heavy atom. The third-order valence-electron chi connectivity index (χ3n) is 7.50. The fraction of sp³-hybridized carbons (Fsp3) is 0. The van der Waals surface area contributed by atoms with Gasteiger partial charge in [0.2, 0.25) is 0 Å². The molecular formula is C37H23N3S. The zero-order valence-corrected chi connectivity index (χ0v) is 22.8. The van der Waals surface area contributed by atoms with Gasteiger partial charge in [0.15, 0.2) is 5.82 Å². The van der Waals surface area contributed by atoms with E-state index < -0.39 is 0 Å². The van der Waals surface area contributed by atoms with Crippen LogP contribution in [-0.4, -0.2) is 15.0 Å². The van der Waals surface area contributed by atoms with Gasteiger partial charge in [-0.3, -0.25) is 0 Å². The van der Waals surface area contributed by atoms with Crippen molar-refractivity contribution in [2.24, 2.45) is 0 Å². The summed E-state index contributed by atoms with van der Waals surface area (Å²) in [6.07, 6.45) is 0. The molecule has 4 heteroatoms. The van der Waals surface area contributed by atoms with Crippen molar-refractivity contribution >= 4 is 42.5 Å². The third kappa shape index (κ3) is 4.17. The minimum atomic E-state index is 0.705. The molecule has 0 saturated heterocycles. The molecule has 3 heterocycles. The average Bonchev–Trinajstić information content (AvgIpc) is 3.42. The van der Waals surface area contributed by atoms with E-state index in [4.69, 9.17) is 15.0 Å².